The van der Waals surface area contributed by atoms with E-state index in [0.717, 1.165) is 57.4 Å². The number of aryl methyl sites for hydroxylation is 1. The van der Waals surface area contributed by atoms with Crippen molar-refractivity contribution in [3.8, 4) is 11.4 Å². The number of nitrogens with zero attached hydrogens (tertiary/aromatic N) is 2. The van der Waals surface area contributed by atoms with Crippen LogP contribution in [-0.2, 0) is 0 Å². The number of halogens is 2. The van der Waals surface area contributed by atoms with Crippen LogP contribution in [0.2, 0.25) is 0 Å². The van der Waals surface area contributed by atoms with E-state index in [1.807, 2.05) is 24.3 Å². The first-order valence-electron chi connectivity index (χ1n) is 10.3. The normalized spacial score (nSPS) is 11.4. The van der Waals surface area contributed by atoms with Crippen LogP contribution in [0.15, 0.2) is 33.2 Å². The zero-order valence-corrected chi connectivity index (χ0v) is 21.1. The highest BCUT2D eigenvalue weighted by molar-refractivity contribution is 9.10. The first-order valence-corrected chi connectivity index (χ1v) is 11.9. The van der Waals surface area contributed by atoms with E-state index in [0.29, 0.717) is 12.1 Å². The van der Waals surface area contributed by atoms with Crippen molar-refractivity contribution in [1.82, 2.24) is 20.2 Å². The molecular weight excluding hydrogens is 508 g/mol. The van der Waals surface area contributed by atoms with Gasteiger partial charge in [-0.15, -0.1) is 0 Å². The third-order valence-electron chi connectivity index (χ3n) is 5.61. The molecule has 0 unspecified atom stereocenters. The van der Waals surface area contributed by atoms with Gasteiger partial charge in [0.25, 0.3) is 5.91 Å². The Labute approximate surface area is 194 Å². The molecule has 0 radical (unpaired) electrons. The summed E-state index contributed by atoms with van der Waals surface area (Å²) in [6, 6.07) is 7.67. The summed E-state index contributed by atoms with van der Waals surface area (Å²) in [6.07, 6.45) is 0.944. The van der Waals surface area contributed by atoms with Gasteiger partial charge in [-0.05, 0) is 75.3 Å². The fourth-order valence-corrected chi connectivity index (χ4v) is 4.58. The predicted molar refractivity (Wildman–Crippen MR) is 131 cm³/mol. The second-order valence-electron chi connectivity index (χ2n) is 7.42. The number of rotatable bonds is 8. The summed E-state index contributed by atoms with van der Waals surface area (Å²) in [6.45, 7) is 12.2. The van der Waals surface area contributed by atoms with E-state index < -0.39 is 0 Å². The lowest BCUT2D eigenvalue weighted by atomic mass is 10.1. The highest BCUT2D eigenvalue weighted by Crippen LogP contribution is 2.32. The Hall–Kier alpha value is -1.70. The number of imidazole rings is 1. The Balaban J connectivity index is 1.73. The number of hydrogen-bond donors (Lipinski definition) is 2. The number of aromatic nitrogens is 2. The molecule has 0 aliphatic heterocycles. The summed E-state index contributed by atoms with van der Waals surface area (Å²) < 4.78 is 1.89. The molecule has 3 rings (SSSR count). The average Bonchev–Trinajstić information content (AvgIpc) is 3.15. The summed E-state index contributed by atoms with van der Waals surface area (Å²) in [5.74, 6) is 0.727. The van der Waals surface area contributed by atoms with Crippen LogP contribution in [0.5, 0.6) is 0 Å². The zero-order valence-electron chi connectivity index (χ0n) is 17.9. The Kier molecular flexibility index (Phi) is 7.71. The zero-order chi connectivity index (χ0) is 21.8. The third kappa shape index (κ3) is 4.95. The van der Waals surface area contributed by atoms with E-state index in [1.54, 1.807) is 0 Å². The van der Waals surface area contributed by atoms with Gasteiger partial charge in [-0.1, -0.05) is 45.7 Å². The Morgan fingerprint density at radius 3 is 2.50 bits per heavy atom. The lowest BCUT2D eigenvalue weighted by Gasteiger charge is -2.17. The Bertz CT molecular complexity index is 1060. The monoisotopic (exact) mass is 534 g/mol. The van der Waals surface area contributed by atoms with Gasteiger partial charge in [-0.2, -0.15) is 0 Å². The number of H-pyrrole nitrogens is 1. The summed E-state index contributed by atoms with van der Waals surface area (Å²) in [4.78, 5) is 23.1. The van der Waals surface area contributed by atoms with E-state index in [9.17, 15) is 4.79 Å². The first-order chi connectivity index (χ1) is 14.3. The summed E-state index contributed by atoms with van der Waals surface area (Å²) in [7, 11) is 0. The van der Waals surface area contributed by atoms with E-state index in [1.165, 1.54) is 11.1 Å². The van der Waals surface area contributed by atoms with Crippen LogP contribution in [0.4, 0.5) is 0 Å². The van der Waals surface area contributed by atoms with Crippen LogP contribution in [0.3, 0.4) is 0 Å². The standard InChI is InChI=1S/C23H28Br2N4O/c1-5-29(6-2)11-7-10-26-23(30)16-8-9-17(19(25)12-16)22-27-20-13-18(24)14(3)15(4)21(20)28-22/h8-9,12-13H,5-7,10-11H2,1-4H3,(H,26,30)(H,27,28). The molecule has 0 saturated carbocycles. The molecule has 0 fully saturated rings. The van der Waals surface area contributed by atoms with Crippen LogP contribution >= 0.6 is 31.9 Å². The SMILES string of the molecule is CCN(CC)CCCNC(=O)c1ccc(-c2nc3cc(Br)c(C)c(C)c3[nH]2)c(Br)c1. The molecule has 1 aromatic heterocycles. The lowest BCUT2D eigenvalue weighted by Crippen LogP contribution is -2.29. The maximum absolute atomic E-state index is 12.5. The second kappa shape index (κ2) is 10.1. The summed E-state index contributed by atoms with van der Waals surface area (Å²) in [5, 5.41) is 3.02. The van der Waals surface area contributed by atoms with Crippen molar-refractivity contribution < 1.29 is 4.79 Å². The number of aromatic amines is 1. The third-order valence-corrected chi connectivity index (χ3v) is 7.09. The predicted octanol–water partition coefficient (Wildman–Crippen LogP) is 5.83. The molecule has 160 valence electrons. The van der Waals surface area contributed by atoms with Gasteiger partial charge in [0.2, 0.25) is 0 Å². The second-order valence-corrected chi connectivity index (χ2v) is 9.13. The highest BCUT2D eigenvalue weighted by atomic mass is 79.9. The molecule has 0 aliphatic rings. The van der Waals surface area contributed by atoms with E-state index in [-0.39, 0.29) is 5.91 Å². The fourth-order valence-electron chi connectivity index (χ4n) is 3.49. The van der Waals surface area contributed by atoms with E-state index in [4.69, 9.17) is 4.98 Å². The number of carbonyl (C=O) groups excluding carboxylic acids is 1. The maximum Gasteiger partial charge on any atom is 0.251 e. The number of nitrogens with one attached hydrogen (secondary N) is 2. The van der Waals surface area contributed by atoms with Crippen molar-refractivity contribution in [2.75, 3.05) is 26.2 Å². The van der Waals surface area contributed by atoms with E-state index >= 15 is 0 Å². The van der Waals surface area contributed by atoms with Crippen LogP contribution in [-0.4, -0.2) is 47.0 Å². The van der Waals surface area contributed by atoms with Crippen LogP contribution in [0.25, 0.3) is 22.4 Å². The minimum absolute atomic E-state index is 0.0539. The van der Waals surface area contributed by atoms with Crippen molar-refractivity contribution in [1.29, 1.82) is 0 Å². The minimum Gasteiger partial charge on any atom is -0.352 e. The Morgan fingerprint density at radius 2 is 1.83 bits per heavy atom. The van der Waals surface area contributed by atoms with Gasteiger partial charge >= 0.3 is 0 Å². The van der Waals surface area contributed by atoms with Gasteiger partial charge < -0.3 is 15.2 Å². The Morgan fingerprint density at radius 1 is 1.10 bits per heavy atom. The van der Waals surface area contributed by atoms with Crippen molar-refractivity contribution in [3.63, 3.8) is 0 Å². The molecule has 2 N–H and O–H groups in total. The van der Waals surface area contributed by atoms with Gasteiger partial charge in [0.1, 0.15) is 5.82 Å². The minimum atomic E-state index is -0.0539. The summed E-state index contributed by atoms with van der Waals surface area (Å²) in [5.41, 5.74) is 5.89. The fraction of sp³-hybridized carbons (Fsp3) is 0.391. The molecule has 1 amide bonds. The first kappa shape index (κ1) is 23.0. The van der Waals surface area contributed by atoms with Crippen LogP contribution < -0.4 is 5.32 Å². The molecular formula is C23H28Br2N4O. The molecule has 30 heavy (non-hydrogen) atoms. The van der Waals surface area contributed by atoms with E-state index in [2.05, 4.69) is 74.8 Å². The topological polar surface area (TPSA) is 61.0 Å². The smallest absolute Gasteiger partial charge is 0.251 e. The number of benzene rings is 2. The molecule has 0 bridgehead atoms. The number of carbonyl (C=O) groups is 1. The van der Waals surface area contributed by atoms with Crippen molar-refractivity contribution in [2.24, 2.45) is 0 Å². The van der Waals surface area contributed by atoms with Crippen LogP contribution in [0.1, 0.15) is 41.8 Å². The highest BCUT2D eigenvalue weighted by Gasteiger charge is 2.15. The average molecular weight is 536 g/mol. The van der Waals surface area contributed by atoms with Crippen molar-refractivity contribution in [2.45, 2.75) is 34.1 Å². The molecule has 2 aromatic carbocycles. The number of amides is 1. The van der Waals surface area contributed by atoms with Gasteiger partial charge in [0, 0.05) is 26.6 Å². The summed E-state index contributed by atoms with van der Waals surface area (Å²) >= 11 is 7.22. The van der Waals surface area contributed by atoms with Crippen molar-refractivity contribution >= 4 is 48.8 Å². The van der Waals surface area contributed by atoms with Gasteiger partial charge in [0.05, 0.1) is 11.0 Å². The molecule has 5 nitrogen and oxygen atoms in total. The molecule has 0 atom stereocenters. The molecule has 0 saturated heterocycles. The number of hydrogen-bond acceptors (Lipinski definition) is 3. The lowest BCUT2D eigenvalue weighted by molar-refractivity contribution is 0.0952. The van der Waals surface area contributed by atoms with Gasteiger partial charge in [-0.3, -0.25) is 4.79 Å². The van der Waals surface area contributed by atoms with Gasteiger partial charge in [0.15, 0.2) is 0 Å². The molecule has 0 spiro atoms. The van der Waals surface area contributed by atoms with Crippen molar-refractivity contribution in [3.05, 3.63) is 49.9 Å². The van der Waals surface area contributed by atoms with Crippen LogP contribution in [0, 0.1) is 13.8 Å². The van der Waals surface area contributed by atoms with Gasteiger partial charge in [-0.25, -0.2) is 4.98 Å². The molecule has 1 heterocycles. The largest absolute Gasteiger partial charge is 0.352 e. The molecule has 7 heteroatoms. The maximum atomic E-state index is 12.5. The number of fused-ring (bicyclic) bond motifs is 1. The molecule has 3 aromatic rings. The molecule has 0 aliphatic carbocycles. The quantitative estimate of drug-likeness (QED) is 0.356.